The van der Waals surface area contributed by atoms with Gasteiger partial charge in [-0.05, 0) is 19.9 Å². The number of rotatable bonds is 4. The van der Waals surface area contributed by atoms with Crippen LogP contribution in [-0.4, -0.2) is 45.0 Å². The molecule has 0 unspecified atom stereocenters. The second-order valence-electron chi connectivity index (χ2n) is 5.25. The van der Waals surface area contributed by atoms with Crippen molar-refractivity contribution in [1.29, 1.82) is 0 Å². The lowest BCUT2D eigenvalue weighted by Crippen LogP contribution is -2.40. The zero-order valence-electron chi connectivity index (χ0n) is 11.1. The third-order valence-corrected chi connectivity index (χ3v) is 6.37. The fourth-order valence-electron chi connectivity index (χ4n) is 2.35. The molecule has 0 bridgehead atoms. The standard InChI is InChI=1S/C12H19N3O2S2/c1-13-8-10-11(9-2-3-9)14-12(18-10)15-4-6-19(16,17)7-5-15/h9,13H,2-8H2,1H3. The highest BCUT2D eigenvalue weighted by Crippen LogP contribution is 2.44. The molecule has 106 valence electrons. The predicted octanol–water partition coefficient (Wildman–Crippen LogP) is 0.975. The SMILES string of the molecule is CNCc1sc(N2CCS(=O)(=O)CC2)nc1C1CC1. The van der Waals surface area contributed by atoms with Gasteiger partial charge < -0.3 is 10.2 Å². The van der Waals surface area contributed by atoms with E-state index in [0.29, 0.717) is 19.0 Å². The molecule has 1 N–H and O–H groups in total. The second kappa shape index (κ2) is 5.03. The number of nitrogens with zero attached hydrogens (tertiary/aromatic N) is 2. The molecule has 7 heteroatoms. The van der Waals surface area contributed by atoms with Gasteiger partial charge in [0.2, 0.25) is 0 Å². The highest BCUT2D eigenvalue weighted by molar-refractivity contribution is 7.91. The zero-order valence-corrected chi connectivity index (χ0v) is 12.7. The summed E-state index contributed by atoms with van der Waals surface area (Å²) >= 11 is 1.72. The molecule has 0 amide bonds. The molecule has 2 aliphatic rings. The lowest BCUT2D eigenvalue weighted by Gasteiger charge is -2.25. The maximum atomic E-state index is 11.5. The van der Waals surface area contributed by atoms with Crippen LogP contribution in [0.3, 0.4) is 0 Å². The van der Waals surface area contributed by atoms with Crippen LogP contribution in [-0.2, 0) is 16.4 Å². The largest absolute Gasteiger partial charge is 0.346 e. The first-order chi connectivity index (χ1) is 9.09. The van der Waals surface area contributed by atoms with Gasteiger partial charge >= 0.3 is 0 Å². The summed E-state index contributed by atoms with van der Waals surface area (Å²) < 4.78 is 22.9. The molecule has 3 rings (SSSR count). The van der Waals surface area contributed by atoms with Crippen LogP contribution >= 0.6 is 11.3 Å². The fraction of sp³-hybridized carbons (Fsp3) is 0.750. The molecule has 1 aliphatic carbocycles. The molecule has 1 saturated carbocycles. The van der Waals surface area contributed by atoms with Gasteiger partial charge in [-0.15, -0.1) is 11.3 Å². The Morgan fingerprint density at radius 3 is 2.63 bits per heavy atom. The van der Waals surface area contributed by atoms with E-state index in [2.05, 4.69) is 10.2 Å². The first-order valence-corrected chi connectivity index (χ1v) is 9.32. The topological polar surface area (TPSA) is 62.3 Å². The van der Waals surface area contributed by atoms with Crippen molar-refractivity contribution in [3.05, 3.63) is 10.6 Å². The van der Waals surface area contributed by atoms with Crippen molar-refractivity contribution >= 4 is 26.3 Å². The zero-order chi connectivity index (χ0) is 13.5. The van der Waals surface area contributed by atoms with Gasteiger partial charge in [0.05, 0.1) is 17.2 Å². The molecule has 5 nitrogen and oxygen atoms in total. The number of nitrogens with one attached hydrogen (secondary N) is 1. The highest BCUT2D eigenvalue weighted by Gasteiger charge is 2.31. The number of hydrogen-bond donors (Lipinski definition) is 1. The van der Waals surface area contributed by atoms with Crippen molar-refractivity contribution in [3.8, 4) is 0 Å². The van der Waals surface area contributed by atoms with Gasteiger partial charge in [0.1, 0.15) is 0 Å². The van der Waals surface area contributed by atoms with Crippen LogP contribution in [0.2, 0.25) is 0 Å². The molecule has 0 spiro atoms. The van der Waals surface area contributed by atoms with Crippen LogP contribution in [0.1, 0.15) is 29.3 Å². The Balaban J connectivity index is 1.79. The monoisotopic (exact) mass is 301 g/mol. The van der Waals surface area contributed by atoms with Crippen molar-refractivity contribution in [1.82, 2.24) is 10.3 Å². The molecule has 1 saturated heterocycles. The van der Waals surface area contributed by atoms with Crippen LogP contribution < -0.4 is 10.2 Å². The number of aromatic nitrogens is 1. The Morgan fingerprint density at radius 2 is 2.05 bits per heavy atom. The fourth-order valence-corrected chi connectivity index (χ4v) is 4.76. The Morgan fingerprint density at radius 1 is 1.37 bits per heavy atom. The van der Waals surface area contributed by atoms with Crippen LogP contribution in [0.4, 0.5) is 5.13 Å². The van der Waals surface area contributed by atoms with E-state index >= 15 is 0 Å². The molecular formula is C12H19N3O2S2. The summed E-state index contributed by atoms with van der Waals surface area (Å²) in [6.07, 6.45) is 2.49. The second-order valence-corrected chi connectivity index (χ2v) is 8.61. The molecule has 2 fully saturated rings. The highest BCUT2D eigenvalue weighted by atomic mass is 32.2. The van der Waals surface area contributed by atoms with Gasteiger partial charge in [-0.3, -0.25) is 0 Å². The van der Waals surface area contributed by atoms with E-state index < -0.39 is 9.84 Å². The van der Waals surface area contributed by atoms with Crippen molar-refractivity contribution in [3.63, 3.8) is 0 Å². The van der Waals surface area contributed by atoms with E-state index in [4.69, 9.17) is 4.98 Å². The molecule has 1 aliphatic heterocycles. The molecule has 0 atom stereocenters. The lowest BCUT2D eigenvalue weighted by atomic mass is 10.2. The Kier molecular flexibility index (Phi) is 3.53. The average Bonchev–Trinajstić information content (AvgIpc) is 3.12. The number of hydrogen-bond acceptors (Lipinski definition) is 6. The van der Waals surface area contributed by atoms with Gasteiger partial charge in [0, 0.05) is 30.4 Å². The van der Waals surface area contributed by atoms with Gasteiger partial charge in [0.25, 0.3) is 0 Å². The first-order valence-electron chi connectivity index (χ1n) is 6.68. The van der Waals surface area contributed by atoms with Gasteiger partial charge in [-0.25, -0.2) is 13.4 Å². The normalized spacial score (nSPS) is 22.7. The van der Waals surface area contributed by atoms with E-state index in [1.807, 2.05) is 7.05 Å². The molecule has 1 aromatic rings. The lowest BCUT2D eigenvalue weighted by molar-refractivity contribution is 0.586. The minimum atomic E-state index is -2.82. The van der Waals surface area contributed by atoms with E-state index in [0.717, 1.165) is 11.7 Å². The minimum absolute atomic E-state index is 0.257. The van der Waals surface area contributed by atoms with Gasteiger partial charge in [-0.2, -0.15) is 0 Å². The minimum Gasteiger partial charge on any atom is -0.346 e. The Bertz CT molecular complexity index is 550. The predicted molar refractivity (Wildman–Crippen MR) is 77.7 cm³/mol. The molecular weight excluding hydrogens is 282 g/mol. The van der Waals surface area contributed by atoms with Crippen molar-refractivity contribution in [2.75, 3.05) is 36.5 Å². The summed E-state index contributed by atoms with van der Waals surface area (Å²) in [4.78, 5) is 8.21. The molecule has 19 heavy (non-hydrogen) atoms. The van der Waals surface area contributed by atoms with E-state index in [9.17, 15) is 8.42 Å². The molecule has 0 aromatic carbocycles. The number of sulfone groups is 1. The summed E-state index contributed by atoms with van der Waals surface area (Å²) in [5, 5.41) is 4.19. The van der Waals surface area contributed by atoms with E-state index in [1.54, 1.807) is 11.3 Å². The van der Waals surface area contributed by atoms with Gasteiger partial charge in [-0.1, -0.05) is 0 Å². The summed E-state index contributed by atoms with van der Waals surface area (Å²) in [6, 6.07) is 0. The summed E-state index contributed by atoms with van der Waals surface area (Å²) in [5.74, 6) is 1.15. The third-order valence-electron chi connectivity index (χ3n) is 3.63. The molecule has 1 aromatic heterocycles. The quantitative estimate of drug-likeness (QED) is 0.898. The van der Waals surface area contributed by atoms with Crippen molar-refractivity contribution in [2.24, 2.45) is 0 Å². The van der Waals surface area contributed by atoms with Crippen LogP contribution in [0.5, 0.6) is 0 Å². The third kappa shape index (κ3) is 2.93. The van der Waals surface area contributed by atoms with E-state index in [1.165, 1.54) is 23.4 Å². The van der Waals surface area contributed by atoms with E-state index in [-0.39, 0.29) is 11.5 Å². The summed E-state index contributed by atoms with van der Waals surface area (Å²) in [7, 11) is -0.870. The van der Waals surface area contributed by atoms with Crippen molar-refractivity contribution < 1.29 is 8.42 Å². The maximum Gasteiger partial charge on any atom is 0.185 e. The maximum absolute atomic E-state index is 11.5. The summed E-state index contributed by atoms with van der Waals surface area (Å²) in [6.45, 7) is 2.02. The van der Waals surface area contributed by atoms with Crippen LogP contribution in [0.15, 0.2) is 0 Å². The summed E-state index contributed by atoms with van der Waals surface area (Å²) in [5.41, 5.74) is 1.24. The molecule has 2 heterocycles. The van der Waals surface area contributed by atoms with Crippen LogP contribution in [0.25, 0.3) is 0 Å². The van der Waals surface area contributed by atoms with Crippen molar-refractivity contribution in [2.45, 2.75) is 25.3 Å². The number of anilines is 1. The Hall–Kier alpha value is -0.660. The first kappa shape index (κ1) is 13.3. The number of thiazole rings is 1. The smallest absolute Gasteiger partial charge is 0.185 e. The van der Waals surface area contributed by atoms with Gasteiger partial charge in [0.15, 0.2) is 15.0 Å². The molecule has 0 radical (unpaired) electrons. The van der Waals surface area contributed by atoms with Crippen LogP contribution in [0, 0.1) is 0 Å². The average molecular weight is 301 g/mol. The Labute approximate surface area is 117 Å².